The van der Waals surface area contributed by atoms with E-state index in [-0.39, 0.29) is 30.4 Å². The van der Waals surface area contributed by atoms with E-state index in [0.29, 0.717) is 26.1 Å². The number of amides is 1. The standard InChI is InChI=1S/C18H21F5N2O2/c19-14-3-1-2-11(17(14)20)7-25-5-4-13-12(8-25)9-27-15(13)6-16(26)24-10-18(21,22)23/h1-3,12-13,15H,4-10H2,(H,24,26)/t12-,13-,15+/m1/s1. The molecular weight excluding hydrogens is 371 g/mol. The molecule has 4 nitrogen and oxygen atoms in total. The van der Waals surface area contributed by atoms with E-state index in [1.54, 1.807) is 6.07 Å². The lowest BCUT2D eigenvalue weighted by molar-refractivity contribution is -0.140. The highest BCUT2D eigenvalue weighted by Gasteiger charge is 2.41. The maximum Gasteiger partial charge on any atom is 0.405 e. The molecule has 1 N–H and O–H groups in total. The van der Waals surface area contributed by atoms with Gasteiger partial charge in [0.2, 0.25) is 5.91 Å². The maximum atomic E-state index is 13.8. The van der Waals surface area contributed by atoms with E-state index in [2.05, 4.69) is 0 Å². The van der Waals surface area contributed by atoms with Crippen LogP contribution in [0.4, 0.5) is 22.0 Å². The zero-order valence-corrected chi connectivity index (χ0v) is 14.6. The average molecular weight is 392 g/mol. The molecule has 0 bridgehead atoms. The van der Waals surface area contributed by atoms with Crippen molar-refractivity contribution in [3.8, 4) is 0 Å². The zero-order valence-electron chi connectivity index (χ0n) is 14.6. The van der Waals surface area contributed by atoms with E-state index in [9.17, 15) is 26.7 Å². The molecule has 2 saturated heterocycles. The van der Waals surface area contributed by atoms with Crippen molar-refractivity contribution in [2.24, 2.45) is 11.8 Å². The van der Waals surface area contributed by atoms with Crippen molar-refractivity contribution in [2.75, 3.05) is 26.2 Å². The summed E-state index contributed by atoms with van der Waals surface area (Å²) in [5, 5.41) is 1.87. The molecule has 0 radical (unpaired) electrons. The summed E-state index contributed by atoms with van der Waals surface area (Å²) in [6, 6.07) is 4.09. The molecule has 9 heteroatoms. The third kappa shape index (κ3) is 5.16. The molecule has 2 aliphatic heterocycles. The van der Waals surface area contributed by atoms with Gasteiger partial charge in [0.1, 0.15) is 6.54 Å². The molecular formula is C18H21F5N2O2. The van der Waals surface area contributed by atoms with E-state index >= 15 is 0 Å². The van der Waals surface area contributed by atoms with E-state index in [1.165, 1.54) is 6.07 Å². The van der Waals surface area contributed by atoms with Gasteiger partial charge in [0.25, 0.3) is 0 Å². The summed E-state index contributed by atoms with van der Waals surface area (Å²) in [5.41, 5.74) is 0.287. The third-order valence-corrected chi connectivity index (χ3v) is 5.18. The summed E-state index contributed by atoms with van der Waals surface area (Å²) in [6.45, 7) is 0.579. The maximum absolute atomic E-state index is 13.8. The number of carbonyl (C=O) groups excluding carboxylic acids is 1. The number of piperidine rings is 1. The summed E-state index contributed by atoms with van der Waals surface area (Å²) in [4.78, 5) is 13.7. The van der Waals surface area contributed by atoms with Gasteiger partial charge in [0.05, 0.1) is 19.1 Å². The Balaban J connectivity index is 1.51. The molecule has 3 rings (SSSR count). The van der Waals surface area contributed by atoms with Crippen molar-refractivity contribution in [3.63, 3.8) is 0 Å². The zero-order chi connectivity index (χ0) is 19.6. The van der Waals surface area contributed by atoms with Crippen LogP contribution in [0.5, 0.6) is 0 Å². The van der Waals surface area contributed by atoms with Crippen LogP contribution in [-0.4, -0.2) is 49.3 Å². The molecule has 1 amide bonds. The van der Waals surface area contributed by atoms with Crippen molar-refractivity contribution in [1.82, 2.24) is 10.2 Å². The number of alkyl halides is 3. The first-order valence-corrected chi connectivity index (χ1v) is 8.83. The Hall–Kier alpha value is -1.74. The molecule has 0 aromatic heterocycles. The minimum Gasteiger partial charge on any atom is -0.377 e. The molecule has 150 valence electrons. The Kier molecular flexibility index (Phi) is 6.00. The van der Waals surface area contributed by atoms with E-state index in [4.69, 9.17) is 4.74 Å². The molecule has 27 heavy (non-hydrogen) atoms. The van der Waals surface area contributed by atoms with Gasteiger partial charge in [-0.05, 0) is 24.9 Å². The molecule has 1 aromatic rings. The number of halogens is 5. The van der Waals surface area contributed by atoms with Gasteiger partial charge in [0, 0.05) is 24.6 Å². The monoisotopic (exact) mass is 392 g/mol. The van der Waals surface area contributed by atoms with Crippen molar-refractivity contribution in [2.45, 2.75) is 31.7 Å². The lowest BCUT2D eigenvalue weighted by Gasteiger charge is -2.35. The molecule has 0 spiro atoms. The fraction of sp³-hybridized carbons (Fsp3) is 0.611. The van der Waals surface area contributed by atoms with Gasteiger partial charge in [-0.1, -0.05) is 12.1 Å². The fourth-order valence-electron chi connectivity index (χ4n) is 3.88. The van der Waals surface area contributed by atoms with Gasteiger partial charge in [-0.2, -0.15) is 13.2 Å². The second kappa shape index (κ2) is 8.10. The van der Waals surface area contributed by atoms with E-state index in [0.717, 1.165) is 6.07 Å². The highest BCUT2D eigenvalue weighted by atomic mass is 19.4. The summed E-state index contributed by atoms with van der Waals surface area (Å²) in [6.07, 6.45) is -4.25. The summed E-state index contributed by atoms with van der Waals surface area (Å²) >= 11 is 0. The Labute approximate surface area is 153 Å². The van der Waals surface area contributed by atoms with Crippen LogP contribution in [0.15, 0.2) is 18.2 Å². The second-order valence-corrected chi connectivity index (χ2v) is 7.13. The highest BCUT2D eigenvalue weighted by molar-refractivity contribution is 5.76. The SMILES string of the molecule is O=C(C[C@@H]1OC[C@H]2CN(Cc3cccc(F)c3F)CC[C@H]21)NCC(F)(F)F. The predicted octanol–water partition coefficient (Wildman–Crippen LogP) is 2.87. The molecule has 0 unspecified atom stereocenters. The topological polar surface area (TPSA) is 41.6 Å². The number of nitrogens with one attached hydrogen (secondary N) is 1. The van der Waals surface area contributed by atoms with Crippen LogP contribution in [0.2, 0.25) is 0 Å². The van der Waals surface area contributed by atoms with Crippen molar-refractivity contribution >= 4 is 5.91 Å². The van der Waals surface area contributed by atoms with Crippen LogP contribution in [0.3, 0.4) is 0 Å². The van der Waals surface area contributed by atoms with Gasteiger partial charge < -0.3 is 10.1 Å². The van der Waals surface area contributed by atoms with Gasteiger partial charge in [-0.3, -0.25) is 9.69 Å². The van der Waals surface area contributed by atoms with Crippen LogP contribution < -0.4 is 5.32 Å². The van der Waals surface area contributed by atoms with Crippen LogP contribution in [0, 0.1) is 23.5 Å². The Morgan fingerprint density at radius 2 is 2.07 bits per heavy atom. The van der Waals surface area contributed by atoms with Crippen molar-refractivity contribution in [3.05, 3.63) is 35.4 Å². The van der Waals surface area contributed by atoms with E-state index < -0.39 is 36.4 Å². The highest BCUT2D eigenvalue weighted by Crippen LogP contribution is 2.36. The number of hydrogen-bond acceptors (Lipinski definition) is 3. The summed E-state index contributed by atoms with van der Waals surface area (Å²) in [5.74, 6) is -2.20. The molecule has 2 heterocycles. The van der Waals surface area contributed by atoms with Crippen LogP contribution >= 0.6 is 0 Å². The van der Waals surface area contributed by atoms with Crippen LogP contribution in [0.25, 0.3) is 0 Å². The number of carbonyl (C=O) groups is 1. The largest absolute Gasteiger partial charge is 0.405 e. The molecule has 2 aliphatic rings. The number of benzene rings is 1. The van der Waals surface area contributed by atoms with Crippen molar-refractivity contribution in [1.29, 1.82) is 0 Å². The number of nitrogens with zero attached hydrogens (tertiary/aromatic N) is 1. The number of fused-ring (bicyclic) bond motifs is 1. The van der Waals surface area contributed by atoms with Gasteiger partial charge in [0.15, 0.2) is 11.6 Å². The molecule has 2 fully saturated rings. The smallest absolute Gasteiger partial charge is 0.377 e. The Morgan fingerprint density at radius 3 is 2.81 bits per heavy atom. The van der Waals surface area contributed by atoms with Crippen molar-refractivity contribution < 1.29 is 31.5 Å². The first kappa shape index (κ1) is 20.0. The number of ether oxygens (including phenoxy) is 1. The van der Waals surface area contributed by atoms with E-state index in [1.807, 2.05) is 10.2 Å². The molecule has 0 aliphatic carbocycles. The first-order chi connectivity index (χ1) is 12.7. The average Bonchev–Trinajstić information content (AvgIpc) is 2.99. The Bertz CT molecular complexity index is 682. The number of likely N-dealkylation sites (tertiary alicyclic amines) is 1. The van der Waals surface area contributed by atoms with Crippen LogP contribution in [0.1, 0.15) is 18.4 Å². The normalized spacial score (nSPS) is 26.0. The predicted molar refractivity (Wildman–Crippen MR) is 86.7 cm³/mol. The molecule has 3 atom stereocenters. The van der Waals surface area contributed by atoms with Gasteiger partial charge in [-0.15, -0.1) is 0 Å². The fourth-order valence-corrected chi connectivity index (χ4v) is 3.88. The minimum atomic E-state index is -4.44. The first-order valence-electron chi connectivity index (χ1n) is 8.83. The third-order valence-electron chi connectivity index (χ3n) is 5.18. The molecule has 1 aromatic carbocycles. The second-order valence-electron chi connectivity index (χ2n) is 7.13. The lowest BCUT2D eigenvalue weighted by Crippen LogP contribution is -2.42. The summed E-state index contributed by atoms with van der Waals surface area (Å²) in [7, 11) is 0. The number of hydrogen-bond donors (Lipinski definition) is 1. The quantitative estimate of drug-likeness (QED) is 0.784. The van der Waals surface area contributed by atoms with Gasteiger partial charge in [-0.25, -0.2) is 8.78 Å². The molecule has 0 saturated carbocycles. The summed E-state index contributed by atoms with van der Waals surface area (Å²) < 4.78 is 69.3. The number of rotatable bonds is 5. The Morgan fingerprint density at radius 1 is 1.30 bits per heavy atom. The van der Waals surface area contributed by atoms with Gasteiger partial charge >= 0.3 is 6.18 Å². The lowest BCUT2D eigenvalue weighted by atomic mass is 9.83. The van der Waals surface area contributed by atoms with Crippen LogP contribution in [-0.2, 0) is 16.1 Å². The minimum absolute atomic E-state index is 0.0789.